The first kappa shape index (κ1) is 25.5. The molecule has 3 heterocycles. The maximum absolute atomic E-state index is 13.4. The van der Waals surface area contributed by atoms with Crippen LogP contribution < -0.4 is 5.73 Å². The fourth-order valence-electron chi connectivity index (χ4n) is 4.93. The van der Waals surface area contributed by atoms with E-state index in [1.54, 1.807) is 34.1 Å². The van der Waals surface area contributed by atoms with Gasteiger partial charge in [-0.25, -0.2) is 4.39 Å². The number of nitrogens with two attached hydrogens (primary N) is 1. The number of halogens is 1. The molecule has 0 atom stereocenters. The number of pyridine rings is 1. The molecule has 1 aliphatic heterocycles. The van der Waals surface area contributed by atoms with E-state index in [2.05, 4.69) is 11.9 Å². The largest absolute Gasteiger partial charge is 0.368 e. The third kappa shape index (κ3) is 5.46. The zero-order chi connectivity index (χ0) is 25.7. The second-order valence-electron chi connectivity index (χ2n) is 9.42. The summed E-state index contributed by atoms with van der Waals surface area (Å²) >= 11 is 0. The molecule has 4 rings (SSSR count). The van der Waals surface area contributed by atoms with Gasteiger partial charge in [0.25, 0.3) is 0 Å². The van der Waals surface area contributed by atoms with Crippen LogP contribution >= 0.6 is 0 Å². The van der Waals surface area contributed by atoms with Crippen molar-refractivity contribution in [3.8, 4) is 11.3 Å². The highest BCUT2D eigenvalue weighted by atomic mass is 19.1. The summed E-state index contributed by atoms with van der Waals surface area (Å²) in [7, 11) is 1.93. The fraction of sp³-hybridized carbons (Fsp3) is 0.407. The molecular weight excluding hydrogens is 459 g/mol. The molecular formula is C27H33FN6O2. The molecule has 2 amide bonds. The number of benzene rings is 1. The molecule has 1 saturated heterocycles. The number of nitrogens with zero attached hydrogens (tertiary/aromatic N) is 5. The smallest absolute Gasteiger partial charge is 0.244 e. The molecule has 0 aliphatic carbocycles. The molecule has 2 aromatic heterocycles. The summed E-state index contributed by atoms with van der Waals surface area (Å²) in [6.45, 7) is 3.84. The number of likely N-dealkylation sites (N-methyl/N-ethyl adjacent to an activating group) is 1. The van der Waals surface area contributed by atoms with Gasteiger partial charge in [0.15, 0.2) is 0 Å². The Balaban J connectivity index is 1.52. The van der Waals surface area contributed by atoms with E-state index >= 15 is 0 Å². The van der Waals surface area contributed by atoms with Crippen LogP contribution in [0.3, 0.4) is 0 Å². The summed E-state index contributed by atoms with van der Waals surface area (Å²) in [4.78, 5) is 33.6. The number of primary amides is 1. The van der Waals surface area contributed by atoms with E-state index in [9.17, 15) is 14.0 Å². The second-order valence-corrected chi connectivity index (χ2v) is 9.42. The molecule has 1 fully saturated rings. The number of piperidine rings is 1. The van der Waals surface area contributed by atoms with Gasteiger partial charge in [0, 0.05) is 43.2 Å². The molecule has 2 N–H and O–H groups in total. The molecule has 0 radical (unpaired) electrons. The molecule has 190 valence electrons. The van der Waals surface area contributed by atoms with Gasteiger partial charge < -0.3 is 10.6 Å². The summed E-state index contributed by atoms with van der Waals surface area (Å²) in [5, 5.41) is 4.72. The lowest BCUT2D eigenvalue weighted by Gasteiger charge is -2.45. The zero-order valence-electron chi connectivity index (χ0n) is 20.9. The predicted molar refractivity (Wildman–Crippen MR) is 135 cm³/mol. The quantitative estimate of drug-likeness (QED) is 0.495. The Hall–Kier alpha value is -3.59. The van der Waals surface area contributed by atoms with Gasteiger partial charge in [0.2, 0.25) is 11.8 Å². The van der Waals surface area contributed by atoms with Gasteiger partial charge in [-0.05, 0) is 68.8 Å². The SMILES string of the molecule is CCCN(C)C1(C(N)=O)CCN(C(=O)Cn2nc(-c3ccncc3)cc2Cc2ccc(F)cc2)CC1. The number of aromatic nitrogens is 3. The second kappa shape index (κ2) is 11.0. The molecule has 0 unspecified atom stereocenters. The first-order valence-electron chi connectivity index (χ1n) is 12.3. The summed E-state index contributed by atoms with van der Waals surface area (Å²) < 4.78 is 15.1. The third-order valence-electron chi connectivity index (χ3n) is 7.11. The highest BCUT2D eigenvalue weighted by molar-refractivity contribution is 5.85. The van der Waals surface area contributed by atoms with Gasteiger partial charge in [-0.2, -0.15) is 5.10 Å². The molecule has 1 aliphatic rings. The van der Waals surface area contributed by atoms with Crippen molar-refractivity contribution in [2.75, 3.05) is 26.7 Å². The first-order chi connectivity index (χ1) is 17.3. The lowest BCUT2D eigenvalue weighted by molar-refractivity contribution is -0.141. The van der Waals surface area contributed by atoms with Crippen LogP contribution in [0.15, 0.2) is 54.9 Å². The Morgan fingerprint density at radius 3 is 2.39 bits per heavy atom. The van der Waals surface area contributed by atoms with Crippen molar-refractivity contribution in [3.63, 3.8) is 0 Å². The first-order valence-corrected chi connectivity index (χ1v) is 12.3. The molecule has 3 aromatic rings. The number of hydrogen-bond acceptors (Lipinski definition) is 5. The van der Waals surface area contributed by atoms with E-state index in [0.717, 1.165) is 35.5 Å². The number of amides is 2. The topological polar surface area (TPSA) is 97.3 Å². The summed E-state index contributed by atoms with van der Waals surface area (Å²) in [6.07, 6.45) is 5.85. The number of carbonyl (C=O) groups is 2. The maximum atomic E-state index is 13.4. The minimum absolute atomic E-state index is 0.0593. The Labute approximate surface area is 210 Å². The van der Waals surface area contributed by atoms with E-state index in [0.29, 0.717) is 32.4 Å². The minimum Gasteiger partial charge on any atom is -0.368 e. The Morgan fingerprint density at radius 2 is 1.78 bits per heavy atom. The molecule has 1 aromatic carbocycles. The normalized spacial score (nSPS) is 15.3. The van der Waals surface area contributed by atoms with Crippen LogP contribution in [-0.4, -0.2) is 68.6 Å². The van der Waals surface area contributed by atoms with Gasteiger partial charge in [-0.1, -0.05) is 19.1 Å². The molecule has 8 nitrogen and oxygen atoms in total. The van der Waals surface area contributed by atoms with Gasteiger partial charge in [-0.15, -0.1) is 0 Å². The van der Waals surface area contributed by atoms with E-state index in [-0.39, 0.29) is 24.2 Å². The number of rotatable bonds is 9. The summed E-state index contributed by atoms with van der Waals surface area (Å²) in [5.41, 5.74) is 8.52. The summed E-state index contributed by atoms with van der Waals surface area (Å²) in [6, 6.07) is 12.0. The monoisotopic (exact) mass is 492 g/mol. The van der Waals surface area contributed by atoms with Crippen molar-refractivity contribution in [2.45, 2.75) is 44.7 Å². The minimum atomic E-state index is -0.721. The lowest BCUT2D eigenvalue weighted by atomic mass is 9.85. The number of carbonyl (C=O) groups excluding carboxylic acids is 2. The van der Waals surface area contributed by atoms with Crippen molar-refractivity contribution >= 4 is 11.8 Å². The van der Waals surface area contributed by atoms with Crippen molar-refractivity contribution in [1.82, 2.24) is 24.6 Å². The van der Waals surface area contributed by atoms with Gasteiger partial charge >= 0.3 is 0 Å². The van der Waals surface area contributed by atoms with Crippen LogP contribution in [0, 0.1) is 5.82 Å². The summed E-state index contributed by atoms with van der Waals surface area (Å²) in [5.74, 6) is -0.682. The van der Waals surface area contributed by atoms with Crippen LogP contribution in [0.1, 0.15) is 37.4 Å². The average Bonchev–Trinajstić information content (AvgIpc) is 3.28. The zero-order valence-corrected chi connectivity index (χ0v) is 20.9. The fourth-order valence-corrected chi connectivity index (χ4v) is 4.93. The lowest BCUT2D eigenvalue weighted by Crippen LogP contribution is -2.62. The molecule has 9 heteroatoms. The van der Waals surface area contributed by atoms with Crippen LogP contribution in [0.4, 0.5) is 4.39 Å². The van der Waals surface area contributed by atoms with Gasteiger partial charge in [0.05, 0.1) is 5.69 Å². The van der Waals surface area contributed by atoms with Crippen LogP contribution in [-0.2, 0) is 22.6 Å². The van der Waals surface area contributed by atoms with Crippen LogP contribution in [0.25, 0.3) is 11.3 Å². The van der Waals surface area contributed by atoms with Gasteiger partial charge in [-0.3, -0.25) is 24.2 Å². The highest BCUT2D eigenvalue weighted by Crippen LogP contribution is 2.29. The Bertz CT molecular complexity index is 1190. The Kier molecular flexibility index (Phi) is 7.79. The van der Waals surface area contributed by atoms with E-state index in [1.165, 1.54) is 12.1 Å². The molecule has 0 saturated carbocycles. The van der Waals surface area contributed by atoms with E-state index in [1.807, 2.05) is 30.1 Å². The maximum Gasteiger partial charge on any atom is 0.244 e. The van der Waals surface area contributed by atoms with Crippen LogP contribution in [0.5, 0.6) is 0 Å². The third-order valence-corrected chi connectivity index (χ3v) is 7.11. The van der Waals surface area contributed by atoms with E-state index < -0.39 is 5.54 Å². The average molecular weight is 493 g/mol. The standard InChI is InChI=1S/C27H33FN6O2/c1-3-14-32(2)27(26(29)36)10-15-33(16-11-27)25(35)19-34-23(17-20-4-6-22(28)7-5-20)18-24(31-34)21-8-12-30-13-9-21/h4-9,12-13,18H,3,10-11,14-17,19H2,1-2H3,(H2,29,36). The van der Waals surface area contributed by atoms with Crippen molar-refractivity contribution in [1.29, 1.82) is 0 Å². The van der Waals surface area contributed by atoms with Crippen molar-refractivity contribution in [3.05, 3.63) is 71.9 Å². The molecule has 0 bridgehead atoms. The van der Waals surface area contributed by atoms with Crippen molar-refractivity contribution < 1.29 is 14.0 Å². The number of hydrogen-bond donors (Lipinski definition) is 1. The highest BCUT2D eigenvalue weighted by Gasteiger charge is 2.43. The molecule has 36 heavy (non-hydrogen) atoms. The molecule has 0 spiro atoms. The number of likely N-dealkylation sites (tertiary alicyclic amines) is 1. The van der Waals surface area contributed by atoms with E-state index in [4.69, 9.17) is 10.8 Å². The van der Waals surface area contributed by atoms with Crippen molar-refractivity contribution in [2.24, 2.45) is 5.73 Å². The predicted octanol–water partition coefficient (Wildman–Crippen LogP) is 2.86. The van der Waals surface area contributed by atoms with Crippen LogP contribution in [0.2, 0.25) is 0 Å². The van der Waals surface area contributed by atoms with Gasteiger partial charge in [0.1, 0.15) is 17.9 Å². The Morgan fingerprint density at radius 1 is 1.11 bits per heavy atom.